The van der Waals surface area contributed by atoms with E-state index in [1.165, 1.54) is 0 Å². The number of aromatic carboxylic acids is 1. The van der Waals surface area contributed by atoms with Gasteiger partial charge in [0.15, 0.2) is 5.76 Å². The fraction of sp³-hybridized carbons (Fsp3) is 0.185. The smallest absolute Gasteiger partial charge is 0.337 e. The number of furan rings is 1. The van der Waals surface area contributed by atoms with E-state index in [2.05, 4.69) is 10.2 Å². The number of ether oxygens (including phenoxy) is 1. The lowest BCUT2D eigenvalue weighted by atomic mass is 10.1. The molecule has 1 saturated heterocycles. The van der Waals surface area contributed by atoms with Crippen LogP contribution in [-0.4, -0.2) is 36.2 Å². The fourth-order valence-corrected chi connectivity index (χ4v) is 4.22. The number of hydrogen-bond acceptors (Lipinski definition) is 5. The topological polar surface area (TPSA) is 92.0 Å². The predicted molar refractivity (Wildman–Crippen MR) is 130 cm³/mol. The van der Waals surface area contributed by atoms with Crippen LogP contribution in [0.2, 0.25) is 0 Å². The second-order valence-corrected chi connectivity index (χ2v) is 8.25. The summed E-state index contributed by atoms with van der Waals surface area (Å²) in [5.74, 6) is -0.616. The Labute approximate surface area is 196 Å². The molecular formula is C27H24N2O5. The second-order valence-electron chi connectivity index (χ2n) is 8.25. The number of fused-ring (bicyclic) bond motifs is 1. The van der Waals surface area contributed by atoms with Gasteiger partial charge >= 0.3 is 5.97 Å². The van der Waals surface area contributed by atoms with E-state index in [1.54, 1.807) is 24.3 Å². The lowest BCUT2D eigenvalue weighted by molar-refractivity contribution is 0.0698. The minimum atomic E-state index is -1.11. The zero-order valence-corrected chi connectivity index (χ0v) is 18.4. The van der Waals surface area contributed by atoms with Gasteiger partial charge in [-0.15, -0.1) is 0 Å². The first-order valence-electron chi connectivity index (χ1n) is 11.2. The molecule has 1 aromatic heterocycles. The van der Waals surface area contributed by atoms with Crippen LogP contribution in [0.25, 0.3) is 11.0 Å². The van der Waals surface area contributed by atoms with Gasteiger partial charge in [0.25, 0.3) is 5.91 Å². The van der Waals surface area contributed by atoms with Crippen molar-refractivity contribution in [3.05, 3.63) is 90.2 Å². The highest BCUT2D eigenvalue weighted by Gasteiger charge is 2.23. The quantitative estimate of drug-likeness (QED) is 0.402. The van der Waals surface area contributed by atoms with Gasteiger partial charge in [0.2, 0.25) is 0 Å². The molecule has 0 spiro atoms. The summed E-state index contributed by atoms with van der Waals surface area (Å²) < 4.78 is 11.6. The van der Waals surface area contributed by atoms with E-state index < -0.39 is 11.9 Å². The van der Waals surface area contributed by atoms with Crippen LogP contribution < -0.4 is 15.0 Å². The largest absolute Gasteiger partial charge is 0.490 e. The van der Waals surface area contributed by atoms with E-state index >= 15 is 0 Å². The Morgan fingerprint density at radius 2 is 1.68 bits per heavy atom. The fourth-order valence-electron chi connectivity index (χ4n) is 4.22. The number of rotatable bonds is 6. The van der Waals surface area contributed by atoms with E-state index in [0.29, 0.717) is 5.58 Å². The summed E-state index contributed by atoms with van der Waals surface area (Å²) in [5, 5.41) is 13.3. The van der Waals surface area contributed by atoms with Crippen molar-refractivity contribution in [2.24, 2.45) is 0 Å². The average molecular weight is 456 g/mol. The van der Waals surface area contributed by atoms with E-state index in [9.17, 15) is 14.7 Å². The number of carboxylic acids is 1. The number of hydrogen-bond donors (Lipinski definition) is 2. The molecule has 172 valence electrons. The Kier molecular flexibility index (Phi) is 5.91. The number of carboxylic acid groups (broad SMARTS) is 1. The first kappa shape index (κ1) is 21.6. The van der Waals surface area contributed by atoms with Crippen LogP contribution in [0.5, 0.6) is 5.75 Å². The molecule has 1 aliphatic rings. The molecule has 1 amide bonds. The Balaban J connectivity index is 1.28. The third-order valence-electron chi connectivity index (χ3n) is 5.98. The number of carbonyl (C=O) groups excluding carboxylic acids is 1. The zero-order chi connectivity index (χ0) is 23.5. The van der Waals surface area contributed by atoms with Crippen LogP contribution in [0.15, 0.2) is 83.3 Å². The third-order valence-corrected chi connectivity index (χ3v) is 5.98. The van der Waals surface area contributed by atoms with Gasteiger partial charge < -0.3 is 24.5 Å². The molecule has 2 N–H and O–H groups in total. The normalized spacial score (nSPS) is 14.2. The number of nitrogens with one attached hydrogen (secondary N) is 1. The van der Waals surface area contributed by atoms with E-state index in [0.717, 1.165) is 42.8 Å². The van der Waals surface area contributed by atoms with Crippen LogP contribution in [0, 0.1) is 0 Å². The Morgan fingerprint density at radius 1 is 0.941 bits per heavy atom. The van der Waals surface area contributed by atoms with Crippen LogP contribution in [0.3, 0.4) is 0 Å². The lowest BCUT2D eigenvalue weighted by Gasteiger charge is -2.34. The number of benzene rings is 3. The summed E-state index contributed by atoms with van der Waals surface area (Å²) in [6.45, 7) is 1.50. The Morgan fingerprint density at radius 3 is 2.41 bits per heavy atom. The summed E-state index contributed by atoms with van der Waals surface area (Å²) in [6, 6.07) is 23.8. The van der Waals surface area contributed by atoms with Crippen molar-refractivity contribution in [2.45, 2.75) is 18.9 Å². The molecule has 2 heterocycles. The number of nitrogens with zero attached hydrogens (tertiary/aromatic N) is 1. The lowest BCUT2D eigenvalue weighted by Crippen LogP contribution is -2.38. The monoisotopic (exact) mass is 456 g/mol. The Bertz CT molecular complexity index is 1290. The summed E-state index contributed by atoms with van der Waals surface area (Å²) in [4.78, 5) is 26.8. The first-order chi connectivity index (χ1) is 16.6. The molecule has 0 atom stereocenters. The average Bonchev–Trinajstić information content (AvgIpc) is 3.30. The van der Waals surface area contributed by atoms with E-state index in [-0.39, 0.29) is 23.1 Å². The highest BCUT2D eigenvalue weighted by Crippen LogP contribution is 2.28. The molecule has 0 radical (unpaired) electrons. The minimum Gasteiger partial charge on any atom is -0.490 e. The first-order valence-corrected chi connectivity index (χ1v) is 11.2. The van der Waals surface area contributed by atoms with Gasteiger partial charge in [-0.25, -0.2) is 4.79 Å². The molecule has 7 heteroatoms. The minimum absolute atomic E-state index is 0.0321. The molecule has 1 fully saturated rings. The van der Waals surface area contributed by atoms with Crippen molar-refractivity contribution < 1.29 is 23.8 Å². The number of anilines is 2. The van der Waals surface area contributed by atoms with Crippen molar-refractivity contribution >= 4 is 34.2 Å². The van der Waals surface area contributed by atoms with Crippen molar-refractivity contribution in [3.8, 4) is 5.75 Å². The highest BCUT2D eigenvalue weighted by atomic mass is 16.5. The molecule has 0 saturated carbocycles. The predicted octanol–water partition coefficient (Wildman–Crippen LogP) is 5.43. The van der Waals surface area contributed by atoms with Crippen molar-refractivity contribution in [2.75, 3.05) is 23.3 Å². The summed E-state index contributed by atoms with van der Waals surface area (Å²) in [6.07, 6.45) is 1.80. The number of carbonyl (C=O) groups is 2. The van der Waals surface area contributed by atoms with E-state index in [1.807, 2.05) is 54.6 Å². The maximum atomic E-state index is 12.7. The molecule has 0 unspecified atom stereocenters. The van der Waals surface area contributed by atoms with Crippen molar-refractivity contribution in [3.63, 3.8) is 0 Å². The van der Waals surface area contributed by atoms with E-state index in [4.69, 9.17) is 9.15 Å². The van der Waals surface area contributed by atoms with Gasteiger partial charge in [0.1, 0.15) is 17.4 Å². The Hall–Kier alpha value is -4.26. The van der Waals surface area contributed by atoms with Gasteiger partial charge in [-0.1, -0.05) is 36.4 Å². The molecule has 4 aromatic rings. The van der Waals surface area contributed by atoms with Crippen LogP contribution >= 0.6 is 0 Å². The molecule has 0 aliphatic carbocycles. The summed E-state index contributed by atoms with van der Waals surface area (Å²) in [7, 11) is 0. The van der Waals surface area contributed by atoms with Gasteiger partial charge in [0.05, 0.1) is 11.3 Å². The SMILES string of the molecule is O=C(Nc1ccc(N2CCC(Oc3ccccc3)CC2)cc1C(=O)O)c1cc2ccccc2o1. The third kappa shape index (κ3) is 4.59. The molecule has 3 aromatic carbocycles. The molecule has 1 aliphatic heterocycles. The second kappa shape index (κ2) is 9.31. The summed E-state index contributed by atoms with van der Waals surface area (Å²) in [5.41, 5.74) is 1.66. The highest BCUT2D eigenvalue weighted by molar-refractivity contribution is 6.08. The standard InChI is InChI=1S/C27H24N2O5/c30-26(25-16-18-6-4-5-9-24(18)34-25)28-23-11-10-19(17-22(23)27(31)32)29-14-12-21(13-15-29)33-20-7-2-1-3-8-20/h1-11,16-17,21H,12-15H2,(H,28,30)(H,31,32). The molecule has 7 nitrogen and oxygen atoms in total. The molecule has 5 rings (SSSR count). The number of piperidine rings is 1. The number of para-hydroxylation sites is 2. The van der Waals surface area contributed by atoms with Gasteiger partial charge in [-0.05, 0) is 42.5 Å². The zero-order valence-electron chi connectivity index (χ0n) is 18.4. The van der Waals surface area contributed by atoms with Crippen LogP contribution in [0.4, 0.5) is 11.4 Å². The molecular weight excluding hydrogens is 432 g/mol. The van der Waals surface area contributed by atoms with Gasteiger partial charge in [-0.3, -0.25) is 4.79 Å². The number of amides is 1. The maximum Gasteiger partial charge on any atom is 0.337 e. The van der Waals surface area contributed by atoms with Gasteiger partial charge in [0, 0.05) is 37.0 Å². The van der Waals surface area contributed by atoms with Crippen molar-refractivity contribution in [1.82, 2.24) is 0 Å². The van der Waals surface area contributed by atoms with Gasteiger partial charge in [-0.2, -0.15) is 0 Å². The van der Waals surface area contributed by atoms with Crippen molar-refractivity contribution in [1.29, 1.82) is 0 Å². The summed E-state index contributed by atoms with van der Waals surface area (Å²) >= 11 is 0. The molecule has 0 bridgehead atoms. The van der Waals surface area contributed by atoms with Crippen LogP contribution in [-0.2, 0) is 0 Å². The molecule has 34 heavy (non-hydrogen) atoms. The maximum absolute atomic E-state index is 12.7. The van der Waals surface area contributed by atoms with Crippen LogP contribution in [0.1, 0.15) is 33.8 Å².